The van der Waals surface area contributed by atoms with E-state index >= 15 is 0 Å². The van der Waals surface area contributed by atoms with Gasteiger partial charge in [-0.05, 0) is 12.1 Å². The van der Waals surface area contributed by atoms with E-state index in [2.05, 4.69) is 15.0 Å². The summed E-state index contributed by atoms with van der Waals surface area (Å²) in [5.41, 5.74) is 0.0733. The maximum absolute atomic E-state index is 11.9. The molecule has 0 fully saturated rings. The van der Waals surface area contributed by atoms with Gasteiger partial charge in [0, 0.05) is 12.7 Å². The van der Waals surface area contributed by atoms with E-state index in [0.717, 1.165) is 6.20 Å². The van der Waals surface area contributed by atoms with Gasteiger partial charge in [0.05, 0.1) is 19.1 Å². The molecule has 0 aliphatic carbocycles. The molecule has 1 N–H and O–H groups in total. The third-order valence-corrected chi connectivity index (χ3v) is 2.11. The standard InChI is InChI=1S/C11H11F3N2O3/c1-19-10(18)7-2-3-8(16-6-7)9(17)15-5-4-11(12,13)14/h2-3,6H,4-5H2,1H3,(H,15,17). The molecule has 0 spiro atoms. The highest BCUT2D eigenvalue weighted by atomic mass is 19.4. The van der Waals surface area contributed by atoms with Crippen LogP contribution in [0.3, 0.4) is 0 Å². The van der Waals surface area contributed by atoms with E-state index in [1.807, 2.05) is 0 Å². The highest BCUT2D eigenvalue weighted by Gasteiger charge is 2.26. The molecular weight excluding hydrogens is 265 g/mol. The molecule has 5 nitrogen and oxygen atoms in total. The number of hydrogen-bond donors (Lipinski definition) is 1. The van der Waals surface area contributed by atoms with Crippen LogP contribution in [-0.2, 0) is 4.74 Å². The highest BCUT2D eigenvalue weighted by Crippen LogP contribution is 2.18. The molecule has 1 heterocycles. The molecule has 0 bridgehead atoms. The first-order valence-corrected chi connectivity index (χ1v) is 5.23. The van der Waals surface area contributed by atoms with E-state index in [9.17, 15) is 22.8 Å². The number of alkyl halides is 3. The van der Waals surface area contributed by atoms with E-state index in [4.69, 9.17) is 0 Å². The number of esters is 1. The van der Waals surface area contributed by atoms with Gasteiger partial charge in [-0.25, -0.2) is 4.79 Å². The quantitative estimate of drug-likeness (QED) is 0.847. The lowest BCUT2D eigenvalue weighted by atomic mass is 10.2. The minimum absolute atomic E-state index is 0.0742. The van der Waals surface area contributed by atoms with Crippen LogP contribution in [-0.4, -0.2) is 36.7 Å². The molecule has 1 aromatic heterocycles. The summed E-state index contributed by atoms with van der Waals surface area (Å²) < 4.78 is 40.0. The molecule has 8 heteroatoms. The lowest BCUT2D eigenvalue weighted by molar-refractivity contribution is -0.133. The number of carbonyl (C=O) groups is 2. The van der Waals surface area contributed by atoms with E-state index in [0.29, 0.717) is 0 Å². The van der Waals surface area contributed by atoms with Gasteiger partial charge in [-0.3, -0.25) is 9.78 Å². The van der Waals surface area contributed by atoms with Crippen molar-refractivity contribution in [1.82, 2.24) is 10.3 Å². The fourth-order valence-corrected chi connectivity index (χ4v) is 1.18. The number of carbonyl (C=O) groups excluding carboxylic acids is 2. The van der Waals surface area contributed by atoms with Crippen molar-refractivity contribution in [3.8, 4) is 0 Å². The molecule has 0 radical (unpaired) electrons. The average molecular weight is 276 g/mol. The highest BCUT2D eigenvalue weighted by molar-refractivity contribution is 5.94. The number of hydrogen-bond acceptors (Lipinski definition) is 4. The van der Waals surface area contributed by atoms with Crippen molar-refractivity contribution in [3.05, 3.63) is 29.6 Å². The van der Waals surface area contributed by atoms with Gasteiger partial charge in [0.1, 0.15) is 5.69 Å². The molecule has 1 aromatic rings. The van der Waals surface area contributed by atoms with Crippen molar-refractivity contribution in [3.63, 3.8) is 0 Å². The summed E-state index contributed by atoms with van der Waals surface area (Å²) in [4.78, 5) is 26.2. The number of aromatic nitrogens is 1. The Morgan fingerprint density at radius 2 is 2.05 bits per heavy atom. The third-order valence-electron chi connectivity index (χ3n) is 2.11. The first kappa shape index (κ1) is 14.9. The molecule has 19 heavy (non-hydrogen) atoms. The van der Waals surface area contributed by atoms with Gasteiger partial charge in [-0.2, -0.15) is 13.2 Å². The Bertz CT molecular complexity index is 457. The lowest BCUT2D eigenvalue weighted by Gasteiger charge is -2.07. The molecule has 0 atom stereocenters. The van der Waals surface area contributed by atoms with Crippen molar-refractivity contribution < 1.29 is 27.5 Å². The fraction of sp³-hybridized carbons (Fsp3) is 0.364. The Morgan fingerprint density at radius 1 is 1.37 bits per heavy atom. The Hall–Kier alpha value is -2.12. The predicted octanol–water partition coefficient (Wildman–Crippen LogP) is 1.55. The number of halogens is 3. The van der Waals surface area contributed by atoms with Crippen LogP contribution in [0.25, 0.3) is 0 Å². The molecule has 104 valence electrons. The molecule has 0 saturated carbocycles. The van der Waals surface area contributed by atoms with Crippen LogP contribution < -0.4 is 5.32 Å². The second-order valence-corrected chi connectivity index (χ2v) is 3.54. The fourth-order valence-electron chi connectivity index (χ4n) is 1.18. The summed E-state index contributed by atoms with van der Waals surface area (Å²) in [6, 6.07) is 2.53. The van der Waals surface area contributed by atoms with Crippen molar-refractivity contribution in [2.24, 2.45) is 0 Å². The van der Waals surface area contributed by atoms with Crippen LogP contribution in [0.1, 0.15) is 27.3 Å². The normalized spacial score (nSPS) is 10.9. The molecule has 0 saturated heterocycles. The summed E-state index contributed by atoms with van der Waals surface area (Å²) in [5.74, 6) is -1.35. The first-order chi connectivity index (χ1) is 8.83. The Kier molecular flexibility index (Phi) is 4.85. The number of nitrogens with one attached hydrogen (secondary N) is 1. The van der Waals surface area contributed by atoms with Gasteiger partial charge >= 0.3 is 12.1 Å². The van der Waals surface area contributed by atoms with Crippen molar-refractivity contribution in [2.45, 2.75) is 12.6 Å². The smallest absolute Gasteiger partial charge is 0.390 e. The summed E-state index contributed by atoms with van der Waals surface area (Å²) in [6.07, 6.45) is -4.32. The molecular formula is C11H11F3N2O3. The third kappa shape index (κ3) is 4.94. The van der Waals surface area contributed by atoms with Gasteiger partial charge in [0.2, 0.25) is 0 Å². The number of amides is 1. The average Bonchev–Trinajstić information content (AvgIpc) is 2.36. The van der Waals surface area contributed by atoms with Crippen LogP contribution in [0.2, 0.25) is 0 Å². The molecule has 1 rings (SSSR count). The molecule has 0 aliphatic heterocycles. The Morgan fingerprint density at radius 3 is 2.53 bits per heavy atom. The number of methoxy groups -OCH3 is 1. The summed E-state index contributed by atoms with van der Waals surface area (Å²) in [5, 5.41) is 2.08. The molecule has 0 aromatic carbocycles. The SMILES string of the molecule is COC(=O)c1ccc(C(=O)NCCC(F)(F)F)nc1. The summed E-state index contributed by atoms with van der Waals surface area (Å²) >= 11 is 0. The van der Waals surface area contributed by atoms with Crippen molar-refractivity contribution in [2.75, 3.05) is 13.7 Å². The van der Waals surface area contributed by atoms with E-state index in [-0.39, 0.29) is 11.3 Å². The minimum atomic E-state index is -4.32. The topological polar surface area (TPSA) is 68.3 Å². The van der Waals surface area contributed by atoms with Crippen LogP contribution >= 0.6 is 0 Å². The Balaban J connectivity index is 2.56. The van der Waals surface area contributed by atoms with Crippen LogP contribution in [0.15, 0.2) is 18.3 Å². The Labute approximate surface area is 106 Å². The molecule has 1 amide bonds. The van der Waals surface area contributed by atoms with Crippen molar-refractivity contribution in [1.29, 1.82) is 0 Å². The number of pyridine rings is 1. The van der Waals surface area contributed by atoms with E-state index < -0.39 is 31.0 Å². The number of ether oxygens (including phenoxy) is 1. The van der Waals surface area contributed by atoms with Gasteiger partial charge in [-0.15, -0.1) is 0 Å². The maximum atomic E-state index is 11.9. The van der Waals surface area contributed by atoms with Crippen LogP contribution in [0.4, 0.5) is 13.2 Å². The van der Waals surface area contributed by atoms with Gasteiger partial charge < -0.3 is 10.1 Å². The second kappa shape index (κ2) is 6.17. The zero-order valence-electron chi connectivity index (χ0n) is 9.95. The maximum Gasteiger partial charge on any atom is 0.390 e. The number of nitrogens with zero attached hydrogens (tertiary/aromatic N) is 1. The van der Waals surface area contributed by atoms with E-state index in [1.54, 1.807) is 0 Å². The van der Waals surface area contributed by atoms with Crippen molar-refractivity contribution >= 4 is 11.9 Å². The summed E-state index contributed by atoms with van der Waals surface area (Å²) in [6.45, 7) is -0.525. The second-order valence-electron chi connectivity index (χ2n) is 3.54. The first-order valence-electron chi connectivity index (χ1n) is 5.23. The zero-order valence-corrected chi connectivity index (χ0v) is 9.95. The van der Waals surface area contributed by atoms with Gasteiger partial charge in [-0.1, -0.05) is 0 Å². The van der Waals surface area contributed by atoms with Gasteiger partial charge in [0.25, 0.3) is 5.91 Å². The van der Waals surface area contributed by atoms with Gasteiger partial charge in [0.15, 0.2) is 0 Å². The predicted molar refractivity (Wildman–Crippen MR) is 58.6 cm³/mol. The van der Waals surface area contributed by atoms with Crippen LogP contribution in [0.5, 0.6) is 0 Å². The van der Waals surface area contributed by atoms with E-state index in [1.165, 1.54) is 19.2 Å². The minimum Gasteiger partial charge on any atom is -0.465 e. The largest absolute Gasteiger partial charge is 0.465 e. The lowest BCUT2D eigenvalue weighted by Crippen LogP contribution is -2.28. The number of rotatable bonds is 4. The summed E-state index contributed by atoms with van der Waals surface area (Å²) in [7, 11) is 1.19. The molecule has 0 aliphatic rings. The zero-order chi connectivity index (χ0) is 14.5. The molecule has 0 unspecified atom stereocenters. The monoisotopic (exact) mass is 276 g/mol. The van der Waals surface area contributed by atoms with Crippen LogP contribution in [0, 0.1) is 0 Å².